The fraction of sp³-hybridized carbons (Fsp3) is 0.158. The number of halogens is 4. The maximum absolute atomic E-state index is 13.1. The summed E-state index contributed by atoms with van der Waals surface area (Å²) >= 11 is 5.22. The van der Waals surface area contributed by atoms with Crippen LogP contribution in [0, 0.1) is 0 Å². The summed E-state index contributed by atoms with van der Waals surface area (Å²) in [7, 11) is 1.45. The molecule has 0 atom stereocenters. The number of anilines is 1. The molecule has 0 unspecified atom stereocenters. The molecule has 29 heavy (non-hydrogen) atoms. The summed E-state index contributed by atoms with van der Waals surface area (Å²) in [5, 5.41) is 2.84. The molecule has 2 aromatic carbocycles. The Bertz CT molecular complexity index is 981. The van der Waals surface area contributed by atoms with E-state index in [1.54, 1.807) is 24.3 Å². The van der Waals surface area contributed by atoms with E-state index in [4.69, 9.17) is 17.0 Å². The summed E-state index contributed by atoms with van der Waals surface area (Å²) in [6.45, 7) is 0. The number of benzene rings is 2. The Balaban J connectivity index is 1.88. The van der Waals surface area contributed by atoms with E-state index in [0.717, 1.165) is 12.1 Å². The number of thiocarbonyl (C=S) groups is 1. The van der Waals surface area contributed by atoms with Crippen molar-refractivity contribution in [1.29, 1.82) is 0 Å². The highest BCUT2D eigenvalue weighted by molar-refractivity contribution is 7.80. The summed E-state index contributed by atoms with van der Waals surface area (Å²) in [6.07, 6.45) is -7.26. The van der Waals surface area contributed by atoms with Crippen molar-refractivity contribution in [3.63, 3.8) is 0 Å². The standard InChI is InChI=1S/C19H14F4N2O3S/c1-27-15-8-3-2-7-14(15)25-16(26)13(24-18(25)29)10-11-5-4-6-12(9-11)28-19(22,23)17(20)21/h2-10,17H,1H3,(H,24,29)/b13-10+. The third-order valence-electron chi connectivity index (χ3n) is 3.88. The van der Waals surface area contributed by atoms with E-state index >= 15 is 0 Å². The third-order valence-corrected chi connectivity index (χ3v) is 4.17. The Labute approximate surface area is 168 Å². The van der Waals surface area contributed by atoms with Crippen molar-refractivity contribution in [2.24, 2.45) is 0 Å². The summed E-state index contributed by atoms with van der Waals surface area (Å²) in [5.74, 6) is -0.543. The minimum absolute atomic E-state index is 0.0682. The van der Waals surface area contributed by atoms with Gasteiger partial charge < -0.3 is 14.8 Å². The summed E-state index contributed by atoms with van der Waals surface area (Å²) in [6, 6.07) is 11.8. The molecular weight excluding hydrogens is 412 g/mol. The van der Waals surface area contributed by atoms with Gasteiger partial charge in [0.25, 0.3) is 5.91 Å². The molecule has 3 rings (SSSR count). The molecule has 1 N–H and O–H groups in total. The second-order valence-electron chi connectivity index (χ2n) is 5.84. The van der Waals surface area contributed by atoms with Crippen LogP contribution in [0.25, 0.3) is 6.08 Å². The van der Waals surface area contributed by atoms with Crippen LogP contribution in [-0.4, -0.2) is 30.7 Å². The maximum atomic E-state index is 13.1. The SMILES string of the molecule is COc1ccccc1N1C(=O)/C(=C\c2cccc(OC(F)(F)C(F)F)c2)NC1=S. The number of hydrogen-bond donors (Lipinski definition) is 1. The molecular formula is C19H14F4N2O3S. The van der Waals surface area contributed by atoms with E-state index in [1.807, 2.05) is 0 Å². The molecule has 1 saturated heterocycles. The van der Waals surface area contributed by atoms with Crippen LogP contribution < -0.4 is 19.7 Å². The zero-order valence-corrected chi connectivity index (χ0v) is 15.7. The van der Waals surface area contributed by atoms with Crippen molar-refractivity contribution in [1.82, 2.24) is 5.32 Å². The second kappa shape index (κ2) is 8.08. The molecule has 1 heterocycles. The highest BCUT2D eigenvalue weighted by atomic mass is 32.1. The molecule has 0 radical (unpaired) electrons. The third kappa shape index (κ3) is 4.32. The molecule has 0 aliphatic carbocycles. The average molecular weight is 426 g/mol. The zero-order valence-electron chi connectivity index (χ0n) is 14.9. The second-order valence-corrected chi connectivity index (χ2v) is 6.22. The van der Waals surface area contributed by atoms with Crippen molar-refractivity contribution in [2.75, 3.05) is 12.0 Å². The molecule has 0 aromatic heterocycles. The Morgan fingerprint density at radius 1 is 1.17 bits per heavy atom. The van der Waals surface area contributed by atoms with E-state index in [2.05, 4.69) is 10.1 Å². The lowest BCUT2D eigenvalue weighted by Gasteiger charge is -2.17. The van der Waals surface area contributed by atoms with Gasteiger partial charge in [-0.3, -0.25) is 4.79 Å². The molecule has 10 heteroatoms. The van der Waals surface area contributed by atoms with Crippen LogP contribution in [0.5, 0.6) is 11.5 Å². The number of amides is 1. The van der Waals surface area contributed by atoms with Crippen LogP contribution in [0.15, 0.2) is 54.2 Å². The van der Waals surface area contributed by atoms with Gasteiger partial charge in [0, 0.05) is 0 Å². The van der Waals surface area contributed by atoms with Gasteiger partial charge in [0.2, 0.25) is 0 Å². The summed E-state index contributed by atoms with van der Waals surface area (Å²) in [4.78, 5) is 14.0. The number of methoxy groups -OCH3 is 1. The molecule has 152 valence electrons. The predicted octanol–water partition coefficient (Wildman–Crippen LogP) is 4.19. The summed E-state index contributed by atoms with van der Waals surface area (Å²) in [5.41, 5.74) is 0.765. The van der Waals surface area contributed by atoms with Crippen molar-refractivity contribution < 1.29 is 31.8 Å². The topological polar surface area (TPSA) is 50.8 Å². The number of alkyl halides is 4. The number of para-hydroxylation sites is 2. The van der Waals surface area contributed by atoms with E-state index < -0.39 is 24.2 Å². The van der Waals surface area contributed by atoms with E-state index in [1.165, 1.54) is 30.2 Å². The van der Waals surface area contributed by atoms with Crippen LogP contribution in [0.2, 0.25) is 0 Å². The van der Waals surface area contributed by atoms with Gasteiger partial charge in [0.05, 0.1) is 12.8 Å². The Morgan fingerprint density at radius 3 is 2.59 bits per heavy atom. The number of carbonyl (C=O) groups is 1. The molecule has 5 nitrogen and oxygen atoms in total. The van der Waals surface area contributed by atoms with Gasteiger partial charge in [-0.1, -0.05) is 24.3 Å². The molecule has 2 aromatic rings. The van der Waals surface area contributed by atoms with Crippen LogP contribution in [0.1, 0.15) is 5.56 Å². The van der Waals surface area contributed by atoms with Crippen LogP contribution in [0.3, 0.4) is 0 Å². The number of ether oxygens (including phenoxy) is 2. The van der Waals surface area contributed by atoms with Gasteiger partial charge >= 0.3 is 12.5 Å². The molecule has 0 spiro atoms. The van der Waals surface area contributed by atoms with Crippen molar-refractivity contribution in [3.8, 4) is 11.5 Å². The molecule has 1 fully saturated rings. The van der Waals surface area contributed by atoms with Gasteiger partial charge in [0.15, 0.2) is 5.11 Å². The van der Waals surface area contributed by atoms with Crippen molar-refractivity contribution in [2.45, 2.75) is 12.5 Å². The lowest BCUT2D eigenvalue weighted by Crippen LogP contribution is -2.33. The molecule has 1 aliphatic rings. The maximum Gasteiger partial charge on any atom is 0.461 e. The number of rotatable bonds is 6. The lowest BCUT2D eigenvalue weighted by atomic mass is 10.1. The van der Waals surface area contributed by atoms with Crippen molar-refractivity contribution in [3.05, 3.63) is 59.8 Å². The fourth-order valence-corrected chi connectivity index (χ4v) is 2.90. The van der Waals surface area contributed by atoms with Gasteiger partial charge in [0.1, 0.15) is 17.2 Å². The highest BCUT2D eigenvalue weighted by Crippen LogP contribution is 2.32. The normalized spacial score (nSPS) is 15.8. The van der Waals surface area contributed by atoms with E-state index in [0.29, 0.717) is 11.4 Å². The smallest absolute Gasteiger partial charge is 0.461 e. The first-order chi connectivity index (χ1) is 13.7. The minimum atomic E-state index is -4.63. The Hall–Kier alpha value is -3.14. The first-order valence-electron chi connectivity index (χ1n) is 8.18. The fourth-order valence-electron chi connectivity index (χ4n) is 2.60. The minimum Gasteiger partial charge on any atom is -0.495 e. The highest BCUT2D eigenvalue weighted by Gasteiger charge is 2.44. The van der Waals surface area contributed by atoms with Gasteiger partial charge in [-0.2, -0.15) is 17.6 Å². The van der Waals surface area contributed by atoms with Crippen LogP contribution >= 0.6 is 12.2 Å². The number of carbonyl (C=O) groups excluding carboxylic acids is 1. The van der Waals surface area contributed by atoms with E-state index in [9.17, 15) is 22.4 Å². The molecule has 1 amide bonds. The Kier molecular flexibility index (Phi) is 5.73. The van der Waals surface area contributed by atoms with Gasteiger partial charge in [-0.15, -0.1) is 0 Å². The Morgan fingerprint density at radius 2 is 1.90 bits per heavy atom. The number of nitrogens with zero attached hydrogens (tertiary/aromatic N) is 1. The van der Waals surface area contributed by atoms with Gasteiger partial charge in [-0.05, 0) is 48.1 Å². The van der Waals surface area contributed by atoms with Gasteiger partial charge in [-0.25, -0.2) is 4.90 Å². The van der Waals surface area contributed by atoms with E-state index in [-0.39, 0.29) is 16.4 Å². The predicted molar refractivity (Wildman–Crippen MR) is 102 cm³/mol. The quantitative estimate of drug-likeness (QED) is 0.427. The van der Waals surface area contributed by atoms with Crippen molar-refractivity contribution >= 4 is 35.0 Å². The number of nitrogens with one attached hydrogen (secondary N) is 1. The summed E-state index contributed by atoms with van der Waals surface area (Å²) < 4.78 is 60.1. The van der Waals surface area contributed by atoms with Crippen LogP contribution in [-0.2, 0) is 4.79 Å². The molecule has 0 bridgehead atoms. The monoisotopic (exact) mass is 426 g/mol. The molecule has 0 saturated carbocycles. The lowest BCUT2D eigenvalue weighted by molar-refractivity contribution is -0.253. The van der Waals surface area contributed by atoms with Crippen LogP contribution in [0.4, 0.5) is 23.2 Å². The average Bonchev–Trinajstić information content (AvgIpc) is 2.94. The number of hydrogen-bond acceptors (Lipinski definition) is 4. The zero-order chi connectivity index (χ0) is 21.2. The first-order valence-corrected chi connectivity index (χ1v) is 8.59. The largest absolute Gasteiger partial charge is 0.495 e. The molecule has 1 aliphatic heterocycles. The first kappa shape index (κ1) is 20.6.